The molecule has 0 amide bonds. The van der Waals surface area contributed by atoms with Gasteiger partial charge in [0.2, 0.25) is 16.0 Å². The first-order chi connectivity index (χ1) is 18.7. The number of oxime groups is 1. The van der Waals surface area contributed by atoms with Crippen molar-refractivity contribution in [2.24, 2.45) is 16.6 Å². The number of hydrogen-bond acceptors (Lipinski definition) is 9. The minimum Gasteiger partial charge on any atom is -0.493 e. The van der Waals surface area contributed by atoms with Crippen LogP contribution in [0.2, 0.25) is 0 Å². The van der Waals surface area contributed by atoms with Crippen LogP contribution in [0.5, 0.6) is 5.75 Å². The molecule has 0 heterocycles. The summed E-state index contributed by atoms with van der Waals surface area (Å²) in [6, 6.07) is 8.62. The minimum absolute atomic E-state index is 0.157. The van der Waals surface area contributed by atoms with Crippen LogP contribution in [0, 0.1) is 0 Å². The van der Waals surface area contributed by atoms with E-state index in [4.69, 9.17) is 21.0 Å². The van der Waals surface area contributed by atoms with Crippen LogP contribution >= 0.6 is 15.9 Å². The number of carbonyl (C=O) groups is 2. The summed E-state index contributed by atoms with van der Waals surface area (Å²) in [5, 5.41) is 3.36. The summed E-state index contributed by atoms with van der Waals surface area (Å²) in [4.78, 5) is 35.8. The zero-order valence-electron chi connectivity index (χ0n) is 20.9. The average Bonchev–Trinajstić information content (AvgIpc) is 2.88. The van der Waals surface area contributed by atoms with Gasteiger partial charge in [0.15, 0.2) is 0 Å². The predicted molar refractivity (Wildman–Crippen MR) is 138 cm³/mol. The molecule has 0 saturated heterocycles. The van der Waals surface area contributed by atoms with Gasteiger partial charge < -0.3 is 21.0 Å². The molecule has 5 N–H and O–H groups in total. The van der Waals surface area contributed by atoms with Crippen molar-refractivity contribution in [1.82, 2.24) is 4.72 Å². The topological polar surface area (TPSA) is 182 Å². The fourth-order valence-corrected chi connectivity index (χ4v) is 4.97. The van der Waals surface area contributed by atoms with Crippen molar-refractivity contribution in [1.29, 1.82) is 0 Å². The molecule has 0 aromatic heterocycles. The Morgan fingerprint density at radius 2 is 1.75 bits per heavy atom. The van der Waals surface area contributed by atoms with E-state index in [1.807, 2.05) is 0 Å². The molecular formula is C23H26BrF3N4O8S. The number of benzene rings is 2. The maximum Gasteiger partial charge on any atom is 0.495 e. The van der Waals surface area contributed by atoms with Crippen LogP contribution in [0.1, 0.15) is 24.5 Å². The number of hydrogen-bond donors (Lipinski definition) is 3. The highest BCUT2D eigenvalue weighted by molar-refractivity contribution is 9.10. The third kappa shape index (κ3) is 10.5. The number of nitrogens with one attached hydrogen (secondary N) is 1. The molecule has 17 heteroatoms. The Kier molecular flexibility index (Phi) is 12.0. The normalized spacial score (nSPS) is 12.2. The molecule has 1 atom stereocenters. The van der Waals surface area contributed by atoms with Gasteiger partial charge in [0.05, 0.1) is 11.5 Å². The highest BCUT2D eigenvalue weighted by Crippen LogP contribution is 2.23. The number of halogens is 4. The van der Waals surface area contributed by atoms with E-state index in [0.29, 0.717) is 34.2 Å². The maximum atomic E-state index is 13.1. The van der Waals surface area contributed by atoms with Crippen molar-refractivity contribution >= 4 is 43.9 Å². The molecule has 0 fully saturated rings. The number of nitrogens with zero attached hydrogens (tertiary/aromatic N) is 1. The molecular weight excluding hydrogens is 629 g/mol. The van der Waals surface area contributed by atoms with E-state index < -0.39 is 34.2 Å². The Morgan fingerprint density at radius 1 is 1.07 bits per heavy atom. The summed E-state index contributed by atoms with van der Waals surface area (Å²) in [5.41, 5.74) is 11.0. The molecule has 2 aromatic carbocycles. The second kappa shape index (κ2) is 14.7. The van der Waals surface area contributed by atoms with Crippen molar-refractivity contribution in [3.63, 3.8) is 0 Å². The molecule has 0 aliphatic rings. The SMILES string of the molecule is CCc1cc(Br)ccc1S(=O)(=O)N[C@@H](Cc1ccc(OCCCON=C(N)N)cc1)C(=O)OOC(=O)C(F)(F)F. The van der Waals surface area contributed by atoms with Crippen LogP contribution in [0.15, 0.2) is 57.0 Å². The molecule has 0 saturated carbocycles. The summed E-state index contributed by atoms with van der Waals surface area (Å²) >= 11 is 3.25. The van der Waals surface area contributed by atoms with E-state index in [-0.39, 0.29) is 30.5 Å². The molecule has 2 aromatic rings. The number of rotatable bonds is 13. The molecule has 12 nitrogen and oxygen atoms in total. The van der Waals surface area contributed by atoms with Gasteiger partial charge in [-0.3, -0.25) is 0 Å². The predicted octanol–water partition coefficient (Wildman–Crippen LogP) is 2.44. The zero-order chi connectivity index (χ0) is 29.9. The van der Waals surface area contributed by atoms with Gasteiger partial charge >= 0.3 is 18.1 Å². The van der Waals surface area contributed by atoms with E-state index >= 15 is 0 Å². The van der Waals surface area contributed by atoms with Gasteiger partial charge in [-0.2, -0.15) is 17.9 Å². The van der Waals surface area contributed by atoms with Gasteiger partial charge in [-0.25, -0.2) is 27.8 Å². The van der Waals surface area contributed by atoms with Gasteiger partial charge in [-0.05, 0) is 59.5 Å². The molecule has 0 unspecified atom stereocenters. The van der Waals surface area contributed by atoms with E-state index in [0.717, 1.165) is 0 Å². The van der Waals surface area contributed by atoms with Crippen LogP contribution in [-0.2, 0) is 47.1 Å². The van der Waals surface area contributed by atoms with Crippen molar-refractivity contribution in [2.75, 3.05) is 13.2 Å². The molecule has 220 valence electrons. The standard InChI is InChI=1S/C23H26BrF3N4O8S/c1-2-15-13-16(24)6-9-19(15)40(34,35)31-18(20(32)38-39-21(33)23(25,26)27)12-14-4-7-17(8-5-14)36-10-3-11-37-30-22(28)29/h4-9,13,18,31H,2-3,10-12H2,1H3,(H4,28,29,30)/t18-/m0/s1. The first-order valence-corrected chi connectivity index (χ1v) is 13.7. The van der Waals surface area contributed by atoms with Crippen LogP contribution in [0.25, 0.3) is 0 Å². The molecule has 2 rings (SSSR count). The zero-order valence-corrected chi connectivity index (χ0v) is 23.3. The highest BCUT2D eigenvalue weighted by Gasteiger charge is 2.43. The maximum absolute atomic E-state index is 13.1. The summed E-state index contributed by atoms with van der Waals surface area (Å²) in [5.74, 6) is -4.15. The van der Waals surface area contributed by atoms with Crippen molar-refractivity contribution in [3.05, 3.63) is 58.1 Å². The first kappa shape index (κ1) is 32.6. The highest BCUT2D eigenvalue weighted by atomic mass is 79.9. The smallest absolute Gasteiger partial charge is 0.493 e. The van der Waals surface area contributed by atoms with Crippen molar-refractivity contribution in [3.8, 4) is 5.75 Å². The second-order valence-corrected chi connectivity index (χ2v) is 10.5. The van der Waals surface area contributed by atoms with Crippen molar-refractivity contribution in [2.45, 2.75) is 43.3 Å². The molecule has 0 spiro atoms. The van der Waals surface area contributed by atoms with Crippen LogP contribution in [0.4, 0.5) is 13.2 Å². The number of ether oxygens (including phenoxy) is 1. The second-order valence-electron chi connectivity index (χ2n) is 7.95. The van der Waals surface area contributed by atoms with Crippen LogP contribution < -0.4 is 20.9 Å². The lowest BCUT2D eigenvalue weighted by Gasteiger charge is -2.18. The third-order valence-electron chi connectivity index (χ3n) is 4.89. The fourth-order valence-electron chi connectivity index (χ4n) is 3.09. The molecule has 40 heavy (non-hydrogen) atoms. The minimum atomic E-state index is -5.43. The van der Waals surface area contributed by atoms with Crippen LogP contribution in [0.3, 0.4) is 0 Å². The Labute approximate surface area is 235 Å². The Balaban J connectivity index is 2.17. The largest absolute Gasteiger partial charge is 0.495 e. The van der Waals surface area contributed by atoms with E-state index in [2.05, 4.69) is 35.6 Å². The summed E-state index contributed by atoms with van der Waals surface area (Å²) in [6.07, 6.45) is -5.04. The summed E-state index contributed by atoms with van der Waals surface area (Å²) < 4.78 is 71.9. The monoisotopic (exact) mass is 654 g/mol. The van der Waals surface area contributed by atoms with E-state index in [1.54, 1.807) is 13.0 Å². The lowest BCUT2D eigenvalue weighted by Crippen LogP contribution is -2.44. The number of aryl methyl sites for hydroxylation is 1. The summed E-state index contributed by atoms with van der Waals surface area (Å²) in [6.45, 7) is 2.15. The lowest BCUT2D eigenvalue weighted by atomic mass is 10.1. The molecule has 0 bridgehead atoms. The Hall–Kier alpha value is -3.57. The number of guanidine groups is 1. The molecule has 0 aliphatic carbocycles. The Morgan fingerprint density at radius 3 is 2.35 bits per heavy atom. The number of nitrogens with two attached hydrogens (primary N) is 2. The van der Waals surface area contributed by atoms with Gasteiger partial charge in [-0.15, -0.1) is 0 Å². The third-order valence-corrected chi connectivity index (χ3v) is 6.95. The quantitative estimate of drug-likeness (QED) is 0.0954. The summed E-state index contributed by atoms with van der Waals surface area (Å²) in [7, 11) is -4.38. The average molecular weight is 655 g/mol. The van der Waals surface area contributed by atoms with Gasteiger partial charge in [0, 0.05) is 10.9 Å². The number of sulfonamides is 1. The number of alkyl halides is 3. The Bertz CT molecular complexity index is 1300. The van der Waals surface area contributed by atoms with Crippen molar-refractivity contribution < 1.29 is 50.5 Å². The lowest BCUT2D eigenvalue weighted by molar-refractivity contribution is -0.286. The van der Waals surface area contributed by atoms with Gasteiger partial charge in [-0.1, -0.05) is 35.0 Å². The van der Waals surface area contributed by atoms with E-state index in [1.165, 1.54) is 36.4 Å². The molecule has 0 aliphatic heterocycles. The van der Waals surface area contributed by atoms with Gasteiger partial charge in [0.1, 0.15) is 18.4 Å². The molecule has 0 radical (unpaired) electrons. The van der Waals surface area contributed by atoms with Gasteiger partial charge in [0.25, 0.3) is 0 Å². The van der Waals surface area contributed by atoms with E-state index in [9.17, 15) is 31.2 Å². The number of carbonyl (C=O) groups excluding carboxylic acids is 2. The van der Waals surface area contributed by atoms with Crippen LogP contribution in [-0.4, -0.2) is 51.7 Å². The fraction of sp³-hybridized carbons (Fsp3) is 0.348. The first-order valence-electron chi connectivity index (χ1n) is 11.5.